The van der Waals surface area contributed by atoms with Crippen LogP contribution >= 0.6 is 0 Å². The van der Waals surface area contributed by atoms with E-state index in [4.69, 9.17) is 4.74 Å². The van der Waals surface area contributed by atoms with Crippen molar-refractivity contribution in [3.63, 3.8) is 0 Å². The van der Waals surface area contributed by atoms with Crippen molar-refractivity contribution in [2.75, 3.05) is 32.8 Å². The standard InChI is InChI=1S/C15H20F11NO/c1-10(9-27-4-6-28-7-5-27)8-11(16,17)2-3-12(18,19)13(20,14(21,22)23)15(24,25)26/h10H,2-9H2,1H3. The Morgan fingerprint density at radius 1 is 0.786 bits per heavy atom. The summed E-state index contributed by atoms with van der Waals surface area (Å²) >= 11 is 0. The molecule has 1 aliphatic rings. The van der Waals surface area contributed by atoms with Crippen molar-refractivity contribution in [3.05, 3.63) is 0 Å². The Labute approximate surface area is 154 Å². The van der Waals surface area contributed by atoms with Crippen molar-refractivity contribution >= 4 is 0 Å². The molecular weight excluding hydrogens is 419 g/mol. The van der Waals surface area contributed by atoms with Gasteiger partial charge in [0.1, 0.15) is 0 Å². The Hall–Kier alpha value is -0.850. The second kappa shape index (κ2) is 8.49. The van der Waals surface area contributed by atoms with Gasteiger partial charge in [-0.1, -0.05) is 6.92 Å². The van der Waals surface area contributed by atoms with Crippen LogP contribution in [0.2, 0.25) is 0 Å². The Bertz CT molecular complexity index is 483. The highest BCUT2D eigenvalue weighted by Gasteiger charge is 2.83. The lowest BCUT2D eigenvalue weighted by atomic mass is 9.89. The Kier molecular flexibility index (Phi) is 7.63. The van der Waals surface area contributed by atoms with Gasteiger partial charge in [0.05, 0.1) is 13.2 Å². The molecular formula is C15H20F11NO. The summed E-state index contributed by atoms with van der Waals surface area (Å²) in [6.07, 6.45) is -19.7. The van der Waals surface area contributed by atoms with Gasteiger partial charge >= 0.3 is 18.0 Å². The third-order valence-corrected chi connectivity index (χ3v) is 4.41. The van der Waals surface area contributed by atoms with Crippen LogP contribution in [0.15, 0.2) is 0 Å². The van der Waals surface area contributed by atoms with E-state index in [1.807, 2.05) is 0 Å². The maximum atomic E-state index is 13.9. The normalized spacial score (nSPS) is 19.7. The molecule has 1 aliphatic heterocycles. The molecule has 0 N–H and O–H groups in total. The molecule has 1 atom stereocenters. The van der Waals surface area contributed by atoms with E-state index in [0.717, 1.165) is 0 Å². The maximum absolute atomic E-state index is 13.9. The molecule has 1 heterocycles. The van der Waals surface area contributed by atoms with Crippen molar-refractivity contribution in [1.29, 1.82) is 0 Å². The van der Waals surface area contributed by atoms with Gasteiger partial charge in [0, 0.05) is 38.9 Å². The fourth-order valence-corrected chi connectivity index (χ4v) is 2.99. The van der Waals surface area contributed by atoms with Crippen molar-refractivity contribution in [3.8, 4) is 0 Å². The molecule has 0 saturated carbocycles. The fraction of sp³-hybridized carbons (Fsp3) is 1.00. The summed E-state index contributed by atoms with van der Waals surface area (Å²) in [6, 6.07) is 0. The van der Waals surface area contributed by atoms with Gasteiger partial charge in [-0.2, -0.15) is 26.3 Å². The average molecular weight is 439 g/mol. The number of alkyl halides is 11. The SMILES string of the molecule is CC(CN1CCOCC1)CC(F)(F)CCC(F)(F)C(F)(C(F)(F)F)C(F)(F)F. The van der Waals surface area contributed by atoms with Crippen LogP contribution in [0.25, 0.3) is 0 Å². The number of nitrogens with zero attached hydrogens (tertiary/aromatic N) is 1. The van der Waals surface area contributed by atoms with Crippen LogP contribution in [0.3, 0.4) is 0 Å². The van der Waals surface area contributed by atoms with Gasteiger partial charge in [-0.05, 0) is 5.92 Å². The lowest BCUT2D eigenvalue weighted by Gasteiger charge is -2.37. The van der Waals surface area contributed by atoms with Crippen LogP contribution in [0.1, 0.15) is 26.2 Å². The van der Waals surface area contributed by atoms with Crippen molar-refractivity contribution in [1.82, 2.24) is 4.90 Å². The first-order chi connectivity index (χ1) is 12.4. The van der Waals surface area contributed by atoms with E-state index < -0.39 is 55.0 Å². The quantitative estimate of drug-likeness (QED) is 0.481. The molecule has 168 valence electrons. The molecule has 0 aliphatic carbocycles. The predicted molar refractivity (Wildman–Crippen MR) is 76.1 cm³/mol. The molecule has 1 unspecified atom stereocenters. The van der Waals surface area contributed by atoms with Crippen molar-refractivity contribution in [2.45, 2.75) is 56.1 Å². The maximum Gasteiger partial charge on any atom is 0.437 e. The predicted octanol–water partition coefficient (Wildman–Crippen LogP) is 5.23. The minimum Gasteiger partial charge on any atom is -0.379 e. The van der Waals surface area contributed by atoms with Gasteiger partial charge < -0.3 is 4.74 Å². The first-order valence-electron chi connectivity index (χ1n) is 8.31. The van der Waals surface area contributed by atoms with Crippen LogP contribution < -0.4 is 0 Å². The second-order valence-electron chi connectivity index (χ2n) is 6.94. The molecule has 0 spiro atoms. The molecule has 2 nitrogen and oxygen atoms in total. The number of hydrogen-bond acceptors (Lipinski definition) is 2. The molecule has 0 radical (unpaired) electrons. The van der Waals surface area contributed by atoms with Gasteiger partial charge in [0.2, 0.25) is 5.92 Å². The molecule has 13 heteroatoms. The second-order valence-corrected chi connectivity index (χ2v) is 6.94. The van der Waals surface area contributed by atoms with Gasteiger partial charge in [-0.15, -0.1) is 0 Å². The van der Waals surface area contributed by atoms with Crippen LogP contribution in [0.5, 0.6) is 0 Å². The highest BCUT2D eigenvalue weighted by molar-refractivity contribution is 5.05. The number of halogens is 11. The van der Waals surface area contributed by atoms with Gasteiger partial charge in [0.25, 0.3) is 5.92 Å². The Morgan fingerprint density at radius 2 is 1.25 bits per heavy atom. The summed E-state index contributed by atoms with van der Waals surface area (Å²) in [5.74, 6) is -10.9. The summed E-state index contributed by atoms with van der Waals surface area (Å²) < 4.78 is 148. The fourth-order valence-electron chi connectivity index (χ4n) is 2.99. The molecule has 28 heavy (non-hydrogen) atoms. The number of rotatable bonds is 8. The zero-order chi connectivity index (χ0) is 22.0. The third-order valence-electron chi connectivity index (χ3n) is 4.41. The topological polar surface area (TPSA) is 12.5 Å². The van der Waals surface area contributed by atoms with Crippen LogP contribution in [-0.4, -0.2) is 67.6 Å². The van der Waals surface area contributed by atoms with Crippen LogP contribution in [-0.2, 0) is 4.74 Å². The van der Waals surface area contributed by atoms with Gasteiger partial charge in [-0.3, -0.25) is 4.90 Å². The Balaban J connectivity index is 2.77. The molecule has 0 aromatic heterocycles. The van der Waals surface area contributed by atoms with Crippen LogP contribution in [0.4, 0.5) is 48.3 Å². The van der Waals surface area contributed by atoms with E-state index in [1.165, 1.54) is 6.92 Å². The summed E-state index contributed by atoms with van der Waals surface area (Å²) in [5, 5.41) is 0. The summed E-state index contributed by atoms with van der Waals surface area (Å²) in [4.78, 5) is 1.75. The molecule has 0 amide bonds. The minimum absolute atomic E-state index is 0.119. The highest BCUT2D eigenvalue weighted by atomic mass is 19.4. The molecule has 1 rings (SSSR count). The molecule has 0 aromatic rings. The average Bonchev–Trinajstić information content (AvgIpc) is 2.50. The lowest BCUT2D eigenvalue weighted by Crippen LogP contribution is -2.64. The third kappa shape index (κ3) is 5.83. The highest BCUT2D eigenvalue weighted by Crippen LogP contribution is 2.56. The van der Waals surface area contributed by atoms with E-state index in [1.54, 1.807) is 4.90 Å². The van der Waals surface area contributed by atoms with Gasteiger partial charge in [0.15, 0.2) is 0 Å². The molecule has 1 saturated heterocycles. The van der Waals surface area contributed by atoms with Crippen LogP contribution in [0, 0.1) is 5.92 Å². The minimum atomic E-state index is -7.02. The van der Waals surface area contributed by atoms with E-state index in [-0.39, 0.29) is 6.54 Å². The number of morpholine rings is 1. The van der Waals surface area contributed by atoms with Gasteiger partial charge in [-0.25, -0.2) is 22.0 Å². The first kappa shape index (κ1) is 25.2. The lowest BCUT2D eigenvalue weighted by molar-refractivity contribution is -0.398. The van der Waals surface area contributed by atoms with E-state index in [0.29, 0.717) is 26.3 Å². The Morgan fingerprint density at radius 3 is 1.68 bits per heavy atom. The summed E-state index contributed by atoms with van der Waals surface area (Å²) in [6.45, 7) is 3.07. The smallest absolute Gasteiger partial charge is 0.379 e. The van der Waals surface area contributed by atoms with E-state index in [9.17, 15) is 48.3 Å². The largest absolute Gasteiger partial charge is 0.437 e. The van der Waals surface area contributed by atoms with E-state index >= 15 is 0 Å². The summed E-state index contributed by atoms with van der Waals surface area (Å²) in [5.41, 5.74) is -6.91. The van der Waals surface area contributed by atoms with Crippen molar-refractivity contribution in [2.24, 2.45) is 5.92 Å². The zero-order valence-electron chi connectivity index (χ0n) is 14.7. The molecule has 0 aromatic carbocycles. The van der Waals surface area contributed by atoms with E-state index in [2.05, 4.69) is 0 Å². The monoisotopic (exact) mass is 439 g/mol. The summed E-state index contributed by atoms with van der Waals surface area (Å²) in [7, 11) is 0. The number of hydrogen-bond donors (Lipinski definition) is 0. The first-order valence-corrected chi connectivity index (χ1v) is 8.31. The molecule has 0 bridgehead atoms. The zero-order valence-corrected chi connectivity index (χ0v) is 14.7. The molecule has 1 fully saturated rings. The number of ether oxygens (including phenoxy) is 1. The van der Waals surface area contributed by atoms with Crippen molar-refractivity contribution < 1.29 is 53.0 Å².